The molecule has 0 bridgehead atoms. The summed E-state index contributed by atoms with van der Waals surface area (Å²) in [7, 11) is 0. The van der Waals surface area contributed by atoms with Gasteiger partial charge in [0.15, 0.2) is 11.7 Å². The van der Waals surface area contributed by atoms with Crippen LogP contribution in [0.2, 0.25) is 0 Å². The Bertz CT molecular complexity index is 324. The first-order chi connectivity index (χ1) is 7.72. The normalized spacial score (nSPS) is 15.1. The standard InChI is InChI=1S/C10H16N6/c1-3-5-7-13-15-9(11)10(12)16-14-8-6-4-2/h3-8H,1-2H3,(H2,11,15)(H2,12,16). The van der Waals surface area contributed by atoms with Crippen LogP contribution in [0.15, 0.2) is 44.7 Å². The highest BCUT2D eigenvalue weighted by Gasteiger charge is 1.96. The van der Waals surface area contributed by atoms with Gasteiger partial charge in [-0.1, -0.05) is 12.2 Å². The highest BCUT2D eigenvalue weighted by atomic mass is 15.3. The maximum atomic E-state index is 5.48. The molecule has 0 heterocycles. The number of hydrogen-bond acceptors (Lipinski definition) is 4. The fourth-order valence-electron chi connectivity index (χ4n) is 0.543. The van der Waals surface area contributed by atoms with E-state index in [9.17, 15) is 0 Å². The summed E-state index contributed by atoms with van der Waals surface area (Å²) in [5.41, 5.74) is 11.0. The molecule has 0 aliphatic rings. The van der Waals surface area contributed by atoms with Crippen LogP contribution in [0.5, 0.6) is 0 Å². The molecule has 6 nitrogen and oxygen atoms in total. The van der Waals surface area contributed by atoms with Crippen LogP contribution < -0.4 is 11.5 Å². The van der Waals surface area contributed by atoms with Crippen LogP contribution in [-0.2, 0) is 0 Å². The van der Waals surface area contributed by atoms with Gasteiger partial charge in [0.1, 0.15) is 0 Å². The molecule has 16 heavy (non-hydrogen) atoms. The Morgan fingerprint density at radius 3 is 1.50 bits per heavy atom. The van der Waals surface area contributed by atoms with Crippen LogP contribution in [0, 0.1) is 0 Å². The van der Waals surface area contributed by atoms with E-state index in [0.29, 0.717) is 0 Å². The average molecular weight is 220 g/mol. The van der Waals surface area contributed by atoms with Gasteiger partial charge < -0.3 is 11.5 Å². The molecular formula is C10H16N6. The van der Waals surface area contributed by atoms with Crippen molar-refractivity contribution in [2.75, 3.05) is 0 Å². The van der Waals surface area contributed by atoms with Crippen molar-refractivity contribution < 1.29 is 0 Å². The lowest BCUT2D eigenvalue weighted by Crippen LogP contribution is -2.30. The number of nitrogens with two attached hydrogens (primary N) is 2. The molecule has 0 radical (unpaired) electrons. The zero-order valence-electron chi connectivity index (χ0n) is 9.41. The van der Waals surface area contributed by atoms with Gasteiger partial charge in [-0.3, -0.25) is 0 Å². The molecule has 0 aromatic rings. The van der Waals surface area contributed by atoms with E-state index >= 15 is 0 Å². The monoisotopic (exact) mass is 220 g/mol. The Morgan fingerprint density at radius 2 is 1.19 bits per heavy atom. The van der Waals surface area contributed by atoms with Gasteiger partial charge in [0.05, 0.1) is 0 Å². The lowest BCUT2D eigenvalue weighted by Gasteiger charge is -1.92. The van der Waals surface area contributed by atoms with Gasteiger partial charge in [-0.25, -0.2) is 0 Å². The molecule has 0 aliphatic heterocycles. The number of amidine groups is 2. The van der Waals surface area contributed by atoms with Gasteiger partial charge in [-0.2, -0.15) is 10.2 Å². The molecular weight excluding hydrogens is 204 g/mol. The maximum absolute atomic E-state index is 5.48. The molecule has 86 valence electrons. The van der Waals surface area contributed by atoms with E-state index in [1.54, 1.807) is 12.2 Å². The predicted molar refractivity (Wildman–Crippen MR) is 69.9 cm³/mol. The van der Waals surface area contributed by atoms with Gasteiger partial charge in [0.25, 0.3) is 0 Å². The summed E-state index contributed by atoms with van der Waals surface area (Å²) >= 11 is 0. The molecule has 0 fully saturated rings. The quantitative estimate of drug-likeness (QED) is 0.416. The molecule has 4 N–H and O–H groups in total. The van der Waals surface area contributed by atoms with Crippen molar-refractivity contribution in [2.24, 2.45) is 31.9 Å². The van der Waals surface area contributed by atoms with E-state index in [-0.39, 0.29) is 11.7 Å². The van der Waals surface area contributed by atoms with Crippen LogP contribution in [0.4, 0.5) is 0 Å². The number of allylic oxidation sites excluding steroid dienone is 4. The Balaban J connectivity index is 4.41. The number of hydrogen-bond donors (Lipinski definition) is 2. The summed E-state index contributed by atoms with van der Waals surface area (Å²) in [5.74, 6) is 0.0526. The second-order valence-corrected chi connectivity index (χ2v) is 2.55. The first kappa shape index (κ1) is 13.8. The molecule has 0 rings (SSSR count). The molecule has 0 atom stereocenters. The molecule has 0 spiro atoms. The lowest BCUT2D eigenvalue weighted by molar-refractivity contribution is 1.21. The third kappa shape index (κ3) is 7.19. The second-order valence-electron chi connectivity index (χ2n) is 2.55. The van der Waals surface area contributed by atoms with Crippen LogP contribution >= 0.6 is 0 Å². The SMILES string of the molecule is CC=CC=NN=C(N)C(N)=NN=CC=CC. The smallest absolute Gasteiger partial charge is 0.190 e. The zero-order valence-corrected chi connectivity index (χ0v) is 9.41. The van der Waals surface area contributed by atoms with Crippen molar-refractivity contribution in [1.29, 1.82) is 0 Å². The number of rotatable bonds is 4. The van der Waals surface area contributed by atoms with Gasteiger partial charge in [0.2, 0.25) is 0 Å². The van der Waals surface area contributed by atoms with Crippen molar-refractivity contribution in [3.05, 3.63) is 24.3 Å². The minimum Gasteiger partial charge on any atom is -0.379 e. The van der Waals surface area contributed by atoms with Crippen molar-refractivity contribution in [3.8, 4) is 0 Å². The van der Waals surface area contributed by atoms with E-state index in [4.69, 9.17) is 11.5 Å². The van der Waals surface area contributed by atoms with E-state index in [2.05, 4.69) is 20.4 Å². The molecule has 0 aromatic heterocycles. The third-order valence-corrected chi connectivity index (χ3v) is 1.28. The van der Waals surface area contributed by atoms with Crippen molar-refractivity contribution in [1.82, 2.24) is 0 Å². The Hall–Kier alpha value is -2.24. The minimum absolute atomic E-state index is 0.0263. The summed E-state index contributed by atoms with van der Waals surface area (Å²) < 4.78 is 0. The van der Waals surface area contributed by atoms with E-state index < -0.39 is 0 Å². The lowest BCUT2D eigenvalue weighted by atomic mass is 10.5. The maximum Gasteiger partial charge on any atom is 0.190 e. The van der Waals surface area contributed by atoms with Crippen LogP contribution in [0.25, 0.3) is 0 Å². The summed E-state index contributed by atoms with van der Waals surface area (Å²) in [6.07, 6.45) is 10.0. The summed E-state index contributed by atoms with van der Waals surface area (Å²) in [6, 6.07) is 0. The molecule has 6 heteroatoms. The molecule has 0 saturated heterocycles. The first-order valence-corrected chi connectivity index (χ1v) is 4.68. The highest BCUT2D eigenvalue weighted by Crippen LogP contribution is 1.78. The summed E-state index contributed by atoms with van der Waals surface area (Å²) in [5, 5.41) is 14.6. The Labute approximate surface area is 94.8 Å². The fraction of sp³-hybridized carbons (Fsp3) is 0.200. The van der Waals surface area contributed by atoms with Gasteiger partial charge >= 0.3 is 0 Å². The third-order valence-electron chi connectivity index (χ3n) is 1.28. The number of nitrogens with zero attached hydrogens (tertiary/aromatic N) is 4. The molecule has 0 saturated carbocycles. The molecule has 0 aromatic carbocycles. The summed E-state index contributed by atoms with van der Waals surface area (Å²) in [6.45, 7) is 3.73. The second kappa shape index (κ2) is 9.32. The molecule has 0 unspecified atom stereocenters. The van der Waals surface area contributed by atoms with Crippen molar-refractivity contribution in [2.45, 2.75) is 13.8 Å². The average Bonchev–Trinajstić information content (AvgIpc) is 2.29. The Kier molecular flexibility index (Phi) is 8.02. The topological polar surface area (TPSA) is 101 Å². The first-order valence-electron chi connectivity index (χ1n) is 4.68. The van der Waals surface area contributed by atoms with Gasteiger partial charge in [-0.05, 0) is 26.0 Å². The zero-order chi connectivity index (χ0) is 12.2. The Morgan fingerprint density at radius 1 is 0.812 bits per heavy atom. The highest BCUT2D eigenvalue weighted by molar-refractivity contribution is 6.39. The van der Waals surface area contributed by atoms with Crippen LogP contribution in [0.1, 0.15) is 13.8 Å². The van der Waals surface area contributed by atoms with E-state index in [1.165, 1.54) is 12.4 Å². The van der Waals surface area contributed by atoms with Gasteiger partial charge in [-0.15, -0.1) is 10.2 Å². The van der Waals surface area contributed by atoms with Crippen LogP contribution in [0.3, 0.4) is 0 Å². The van der Waals surface area contributed by atoms with E-state index in [0.717, 1.165) is 0 Å². The predicted octanol–water partition coefficient (Wildman–Crippen LogP) is 0.825. The minimum atomic E-state index is 0.0263. The molecule has 0 amide bonds. The van der Waals surface area contributed by atoms with Gasteiger partial charge in [0, 0.05) is 12.4 Å². The fourth-order valence-corrected chi connectivity index (χ4v) is 0.543. The van der Waals surface area contributed by atoms with Crippen molar-refractivity contribution in [3.63, 3.8) is 0 Å². The van der Waals surface area contributed by atoms with Crippen molar-refractivity contribution >= 4 is 24.1 Å². The summed E-state index contributed by atoms with van der Waals surface area (Å²) in [4.78, 5) is 0. The van der Waals surface area contributed by atoms with Crippen LogP contribution in [-0.4, -0.2) is 24.1 Å². The largest absolute Gasteiger partial charge is 0.379 e. The van der Waals surface area contributed by atoms with E-state index in [1.807, 2.05) is 26.0 Å². The molecule has 0 aliphatic carbocycles.